The number of tetrazole rings is 1. The van der Waals surface area contributed by atoms with Crippen LogP contribution in [0.5, 0.6) is 5.75 Å². The monoisotopic (exact) mass is 441 g/mol. The highest BCUT2D eigenvalue weighted by atomic mass is 35.5. The highest BCUT2D eigenvalue weighted by Crippen LogP contribution is 2.28. The van der Waals surface area contributed by atoms with E-state index in [-0.39, 0.29) is 6.03 Å². The molecule has 4 rings (SSSR count). The van der Waals surface area contributed by atoms with Gasteiger partial charge in [-0.15, -0.1) is 0 Å². The van der Waals surface area contributed by atoms with E-state index in [9.17, 15) is 4.79 Å². The Kier molecular flexibility index (Phi) is 6.22. The molecule has 1 aliphatic heterocycles. The second-order valence-electron chi connectivity index (χ2n) is 7.16. The van der Waals surface area contributed by atoms with Gasteiger partial charge in [-0.3, -0.25) is 0 Å². The van der Waals surface area contributed by atoms with Crippen molar-refractivity contribution in [2.75, 3.05) is 43.5 Å². The van der Waals surface area contributed by atoms with Crippen LogP contribution in [-0.2, 0) is 6.42 Å². The molecule has 2 amide bonds. The molecule has 10 heteroatoms. The fraction of sp³-hybridized carbons (Fsp3) is 0.333. The summed E-state index contributed by atoms with van der Waals surface area (Å²) in [4.78, 5) is 16.6. The van der Waals surface area contributed by atoms with Crippen LogP contribution in [0, 0.1) is 0 Å². The number of rotatable bonds is 5. The number of piperazine rings is 1. The third kappa shape index (κ3) is 4.56. The summed E-state index contributed by atoms with van der Waals surface area (Å²) in [6, 6.07) is 13.1. The van der Waals surface area contributed by atoms with E-state index in [1.54, 1.807) is 34.9 Å². The average Bonchev–Trinajstić information content (AvgIpc) is 3.29. The van der Waals surface area contributed by atoms with Gasteiger partial charge in [0.15, 0.2) is 0 Å². The van der Waals surface area contributed by atoms with Gasteiger partial charge in [-0.2, -0.15) is 4.68 Å². The first-order chi connectivity index (χ1) is 15.1. The first kappa shape index (κ1) is 20.9. The molecule has 0 aliphatic carbocycles. The molecule has 0 atom stereocenters. The number of aromatic nitrogens is 4. The Hall–Kier alpha value is -3.33. The predicted octanol–water partition coefficient (Wildman–Crippen LogP) is 3.24. The zero-order chi connectivity index (χ0) is 21.8. The topological polar surface area (TPSA) is 88.4 Å². The molecule has 2 aromatic carbocycles. The molecule has 31 heavy (non-hydrogen) atoms. The SMILES string of the molecule is CCc1cccc(-n2nnnc2N2CCN(C(=O)Nc3cc(Cl)ccc3OC)CC2)c1. The van der Waals surface area contributed by atoms with Crippen molar-refractivity contribution in [3.63, 3.8) is 0 Å². The number of benzene rings is 2. The zero-order valence-electron chi connectivity index (χ0n) is 17.5. The number of hydrogen-bond donors (Lipinski definition) is 1. The number of aryl methyl sites for hydroxylation is 1. The van der Waals surface area contributed by atoms with Crippen molar-refractivity contribution in [1.82, 2.24) is 25.1 Å². The number of carbonyl (C=O) groups is 1. The molecule has 1 aliphatic rings. The highest BCUT2D eigenvalue weighted by molar-refractivity contribution is 6.31. The molecular formula is C21H24ClN7O2. The third-order valence-corrected chi connectivity index (χ3v) is 5.50. The van der Waals surface area contributed by atoms with Crippen molar-refractivity contribution < 1.29 is 9.53 Å². The van der Waals surface area contributed by atoms with Crippen molar-refractivity contribution >= 4 is 29.3 Å². The summed E-state index contributed by atoms with van der Waals surface area (Å²) in [6.07, 6.45) is 0.941. The molecule has 2 heterocycles. The van der Waals surface area contributed by atoms with Crippen molar-refractivity contribution in [2.45, 2.75) is 13.3 Å². The molecule has 1 N–H and O–H groups in total. The highest BCUT2D eigenvalue weighted by Gasteiger charge is 2.25. The number of urea groups is 1. The maximum Gasteiger partial charge on any atom is 0.322 e. The summed E-state index contributed by atoms with van der Waals surface area (Å²) >= 11 is 6.06. The van der Waals surface area contributed by atoms with Crippen LogP contribution in [0.3, 0.4) is 0 Å². The lowest BCUT2D eigenvalue weighted by Crippen LogP contribution is -2.50. The van der Waals surface area contributed by atoms with E-state index in [2.05, 4.69) is 44.8 Å². The molecule has 1 fully saturated rings. The van der Waals surface area contributed by atoms with E-state index >= 15 is 0 Å². The Bertz CT molecular complexity index is 1060. The average molecular weight is 442 g/mol. The number of nitrogens with one attached hydrogen (secondary N) is 1. The number of carbonyl (C=O) groups excluding carboxylic acids is 1. The fourth-order valence-electron chi connectivity index (χ4n) is 3.54. The van der Waals surface area contributed by atoms with E-state index in [0.717, 1.165) is 12.1 Å². The van der Waals surface area contributed by atoms with E-state index in [1.807, 2.05) is 12.1 Å². The maximum atomic E-state index is 12.8. The predicted molar refractivity (Wildman–Crippen MR) is 119 cm³/mol. The Morgan fingerprint density at radius 1 is 1.16 bits per heavy atom. The lowest BCUT2D eigenvalue weighted by Gasteiger charge is -2.34. The van der Waals surface area contributed by atoms with Crippen LogP contribution in [0.25, 0.3) is 5.69 Å². The van der Waals surface area contributed by atoms with Crippen molar-refractivity contribution in [3.8, 4) is 11.4 Å². The molecule has 162 valence electrons. The molecule has 0 radical (unpaired) electrons. The van der Waals surface area contributed by atoms with Crippen LogP contribution in [0.15, 0.2) is 42.5 Å². The largest absolute Gasteiger partial charge is 0.495 e. The van der Waals surface area contributed by atoms with E-state index in [0.29, 0.717) is 48.6 Å². The van der Waals surface area contributed by atoms with Crippen LogP contribution in [0.2, 0.25) is 5.02 Å². The number of ether oxygens (including phenoxy) is 1. The number of methoxy groups -OCH3 is 1. The maximum absolute atomic E-state index is 12.8. The Labute approximate surface area is 185 Å². The minimum absolute atomic E-state index is 0.199. The number of halogens is 1. The van der Waals surface area contributed by atoms with Crippen molar-refractivity contribution in [2.24, 2.45) is 0 Å². The number of nitrogens with zero attached hydrogens (tertiary/aromatic N) is 6. The summed E-state index contributed by atoms with van der Waals surface area (Å²) < 4.78 is 7.04. The second kappa shape index (κ2) is 9.22. The van der Waals surface area contributed by atoms with Crippen LogP contribution >= 0.6 is 11.6 Å². The molecular weight excluding hydrogens is 418 g/mol. The second-order valence-corrected chi connectivity index (χ2v) is 7.60. The Balaban J connectivity index is 1.42. The molecule has 3 aromatic rings. The lowest BCUT2D eigenvalue weighted by molar-refractivity contribution is 0.207. The molecule has 9 nitrogen and oxygen atoms in total. The fourth-order valence-corrected chi connectivity index (χ4v) is 3.71. The first-order valence-electron chi connectivity index (χ1n) is 10.1. The number of amides is 2. The van der Waals surface area contributed by atoms with E-state index < -0.39 is 0 Å². The Morgan fingerprint density at radius 3 is 2.71 bits per heavy atom. The van der Waals surface area contributed by atoms with Gasteiger partial charge >= 0.3 is 6.03 Å². The van der Waals surface area contributed by atoms with Crippen LogP contribution in [-0.4, -0.2) is 64.4 Å². The molecule has 0 bridgehead atoms. The first-order valence-corrected chi connectivity index (χ1v) is 10.5. The van der Waals surface area contributed by atoms with Gasteiger partial charge in [0, 0.05) is 31.2 Å². The lowest BCUT2D eigenvalue weighted by atomic mass is 10.1. The summed E-state index contributed by atoms with van der Waals surface area (Å²) in [5.41, 5.74) is 2.69. The van der Waals surface area contributed by atoms with Crippen LogP contribution in [0.1, 0.15) is 12.5 Å². The standard InChI is InChI=1S/C21H24ClN7O2/c1-3-15-5-4-6-17(13-15)29-20(24-25-26-29)27-9-11-28(12-10-27)21(30)23-18-14-16(22)7-8-19(18)31-2/h4-8,13-14H,3,9-12H2,1-2H3,(H,23,30). The minimum atomic E-state index is -0.199. The quantitative estimate of drug-likeness (QED) is 0.653. The van der Waals surface area contributed by atoms with Crippen LogP contribution in [0.4, 0.5) is 16.4 Å². The third-order valence-electron chi connectivity index (χ3n) is 5.27. The molecule has 0 saturated carbocycles. The summed E-state index contributed by atoms with van der Waals surface area (Å²) in [6.45, 7) is 4.43. The van der Waals surface area contributed by atoms with Gasteiger partial charge in [-0.1, -0.05) is 35.8 Å². The van der Waals surface area contributed by atoms with Gasteiger partial charge in [-0.05, 0) is 52.7 Å². The van der Waals surface area contributed by atoms with Gasteiger partial charge in [-0.25, -0.2) is 4.79 Å². The van der Waals surface area contributed by atoms with Gasteiger partial charge < -0.3 is 19.9 Å². The van der Waals surface area contributed by atoms with Gasteiger partial charge in [0.25, 0.3) is 0 Å². The summed E-state index contributed by atoms with van der Waals surface area (Å²) in [5, 5.41) is 15.7. The molecule has 0 unspecified atom stereocenters. The molecule has 1 aromatic heterocycles. The normalized spacial score (nSPS) is 13.9. The Morgan fingerprint density at radius 2 is 1.97 bits per heavy atom. The zero-order valence-corrected chi connectivity index (χ0v) is 18.2. The molecule has 1 saturated heterocycles. The van der Waals surface area contributed by atoms with Gasteiger partial charge in [0.1, 0.15) is 5.75 Å². The van der Waals surface area contributed by atoms with Gasteiger partial charge in [0.2, 0.25) is 5.95 Å². The van der Waals surface area contributed by atoms with Gasteiger partial charge in [0.05, 0.1) is 18.5 Å². The summed E-state index contributed by atoms with van der Waals surface area (Å²) in [5.74, 6) is 1.23. The number of hydrogen-bond acceptors (Lipinski definition) is 6. The van der Waals surface area contributed by atoms with Crippen molar-refractivity contribution in [1.29, 1.82) is 0 Å². The van der Waals surface area contributed by atoms with E-state index in [1.165, 1.54) is 5.56 Å². The van der Waals surface area contributed by atoms with Crippen LogP contribution < -0.4 is 15.0 Å². The smallest absolute Gasteiger partial charge is 0.322 e. The number of anilines is 2. The summed E-state index contributed by atoms with van der Waals surface area (Å²) in [7, 11) is 1.55. The molecule has 0 spiro atoms. The minimum Gasteiger partial charge on any atom is -0.495 e. The van der Waals surface area contributed by atoms with E-state index in [4.69, 9.17) is 16.3 Å². The van der Waals surface area contributed by atoms with Crippen molar-refractivity contribution in [3.05, 3.63) is 53.1 Å².